The molecule has 0 aromatic rings. The van der Waals surface area contributed by atoms with Crippen molar-refractivity contribution in [2.45, 2.75) is 37.3 Å². The molecule has 0 aromatic heterocycles. The van der Waals surface area contributed by atoms with Gasteiger partial charge in [-0.3, -0.25) is 9.69 Å². The maximum Gasteiger partial charge on any atom is 0.325 e. The number of hydrogen-bond donors (Lipinski definition) is 2. The fraction of sp³-hybridized carbons (Fsp3) is 0.714. The molecule has 20 heavy (non-hydrogen) atoms. The molecular formula is C14H21N3O3. The Kier molecular flexibility index (Phi) is 3.52. The van der Waals surface area contributed by atoms with E-state index in [2.05, 4.69) is 17.2 Å². The lowest BCUT2D eigenvalue weighted by Crippen LogP contribution is -2.51. The number of hydrogen-bond acceptors (Lipinski definition) is 4. The molecule has 3 rings (SSSR count). The predicted octanol–water partition coefficient (Wildman–Crippen LogP) is 0.396. The molecule has 1 aliphatic carbocycles. The number of ether oxygens (including phenoxy) is 1. The van der Waals surface area contributed by atoms with Crippen LogP contribution in [0.4, 0.5) is 4.79 Å². The molecule has 2 saturated heterocycles. The highest BCUT2D eigenvalue weighted by molar-refractivity contribution is 6.07. The Morgan fingerprint density at radius 1 is 1.40 bits per heavy atom. The van der Waals surface area contributed by atoms with Gasteiger partial charge < -0.3 is 15.4 Å². The largest absolute Gasteiger partial charge is 0.381 e. The zero-order chi connectivity index (χ0) is 14.2. The van der Waals surface area contributed by atoms with Gasteiger partial charge in [0.05, 0.1) is 6.54 Å². The van der Waals surface area contributed by atoms with E-state index in [1.807, 2.05) is 0 Å². The number of carbonyl (C=O) groups excluding carboxylic acids is 2. The normalized spacial score (nSPS) is 25.1. The highest BCUT2D eigenvalue weighted by atomic mass is 16.5. The predicted molar refractivity (Wildman–Crippen MR) is 73.2 cm³/mol. The Balaban J connectivity index is 1.59. The lowest BCUT2D eigenvalue weighted by atomic mass is 9.90. The molecule has 2 heterocycles. The maximum absolute atomic E-state index is 12.5. The van der Waals surface area contributed by atoms with E-state index in [4.69, 9.17) is 4.74 Å². The number of imide groups is 1. The van der Waals surface area contributed by atoms with Crippen molar-refractivity contribution < 1.29 is 14.3 Å². The first-order valence-electron chi connectivity index (χ1n) is 7.23. The van der Waals surface area contributed by atoms with Crippen LogP contribution in [0.1, 0.15) is 25.7 Å². The summed E-state index contributed by atoms with van der Waals surface area (Å²) in [7, 11) is 0. The van der Waals surface area contributed by atoms with Crippen LogP contribution in [0.2, 0.25) is 0 Å². The van der Waals surface area contributed by atoms with Crippen LogP contribution in [-0.2, 0) is 9.53 Å². The van der Waals surface area contributed by atoms with Crippen molar-refractivity contribution in [3.63, 3.8) is 0 Å². The van der Waals surface area contributed by atoms with Gasteiger partial charge in [0, 0.05) is 38.6 Å². The molecule has 0 radical (unpaired) electrons. The molecule has 3 aliphatic rings. The van der Waals surface area contributed by atoms with Crippen molar-refractivity contribution in [1.82, 2.24) is 15.5 Å². The summed E-state index contributed by atoms with van der Waals surface area (Å²) in [5, 5.41) is 6.19. The number of rotatable bonds is 5. The van der Waals surface area contributed by atoms with Gasteiger partial charge in [0.2, 0.25) is 0 Å². The summed E-state index contributed by atoms with van der Waals surface area (Å²) in [5.74, 6) is -0.127. The highest BCUT2D eigenvalue weighted by Gasteiger charge is 2.51. The van der Waals surface area contributed by atoms with E-state index >= 15 is 0 Å². The van der Waals surface area contributed by atoms with E-state index in [1.165, 1.54) is 17.7 Å². The van der Waals surface area contributed by atoms with Crippen molar-refractivity contribution in [3.8, 4) is 0 Å². The van der Waals surface area contributed by atoms with E-state index in [0.717, 1.165) is 5.57 Å². The van der Waals surface area contributed by atoms with E-state index < -0.39 is 5.54 Å². The second-order valence-corrected chi connectivity index (χ2v) is 5.92. The first kappa shape index (κ1) is 13.6. The summed E-state index contributed by atoms with van der Waals surface area (Å²) >= 11 is 0. The fourth-order valence-corrected chi connectivity index (χ4v) is 2.73. The molecule has 2 N–H and O–H groups in total. The van der Waals surface area contributed by atoms with Gasteiger partial charge in [-0.05, 0) is 18.4 Å². The van der Waals surface area contributed by atoms with Crippen molar-refractivity contribution in [2.24, 2.45) is 0 Å². The molecule has 1 saturated carbocycles. The van der Waals surface area contributed by atoms with Gasteiger partial charge in [-0.15, -0.1) is 0 Å². The third kappa shape index (κ3) is 2.58. The third-order valence-corrected chi connectivity index (χ3v) is 4.19. The monoisotopic (exact) mass is 279 g/mol. The average Bonchev–Trinajstić information content (AvgIpc) is 3.23. The van der Waals surface area contributed by atoms with Gasteiger partial charge in [0.25, 0.3) is 5.91 Å². The molecule has 6 nitrogen and oxygen atoms in total. The average molecular weight is 279 g/mol. The third-order valence-electron chi connectivity index (χ3n) is 4.19. The highest BCUT2D eigenvalue weighted by Crippen LogP contribution is 2.28. The van der Waals surface area contributed by atoms with Crippen LogP contribution in [0.25, 0.3) is 0 Å². The van der Waals surface area contributed by atoms with Crippen LogP contribution in [0.15, 0.2) is 12.2 Å². The molecule has 6 heteroatoms. The number of nitrogens with zero attached hydrogens (tertiary/aromatic N) is 1. The number of urea groups is 1. The van der Waals surface area contributed by atoms with Gasteiger partial charge in [0.15, 0.2) is 0 Å². The maximum atomic E-state index is 12.5. The van der Waals surface area contributed by atoms with Gasteiger partial charge in [-0.2, -0.15) is 0 Å². The quantitative estimate of drug-likeness (QED) is 0.564. The molecule has 3 amide bonds. The molecule has 0 unspecified atom stereocenters. The molecule has 0 atom stereocenters. The Morgan fingerprint density at radius 3 is 2.75 bits per heavy atom. The zero-order valence-electron chi connectivity index (χ0n) is 11.6. The molecule has 0 aromatic carbocycles. The standard InChI is InChI=1S/C14H21N3O3/c1-10(8-15-11-2-3-11)9-17-12(18)14(16-13(17)19)4-6-20-7-5-14/h11,15H,1-9H2,(H,16,19). The molecular weight excluding hydrogens is 258 g/mol. The van der Waals surface area contributed by atoms with Crippen molar-refractivity contribution >= 4 is 11.9 Å². The molecule has 1 spiro atoms. The summed E-state index contributed by atoms with van der Waals surface area (Å²) < 4.78 is 5.28. The topological polar surface area (TPSA) is 70.7 Å². The Bertz CT molecular complexity index is 439. The van der Waals surface area contributed by atoms with Gasteiger partial charge in [-0.1, -0.05) is 6.58 Å². The summed E-state index contributed by atoms with van der Waals surface area (Å²) in [5.41, 5.74) is 0.129. The lowest BCUT2D eigenvalue weighted by Gasteiger charge is -2.30. The Hall–Kier alpha value is -1.40. The second kappa shape index (κ2) is 5.18. The van der Waals surface area contributed by atoms with Crippen LogP contribution in [0, 0.1) is 0 Å². The van der Waals surface area contributed by atoms with Crippen molar-refractivity contribution in [2.75, 3.05) is 26.3 Å². The first-order chi connectivity index (χ1) is 9.61. The molecule has 0 bridgehead atoms. The summed E-state index contributed by atoms with van der Waals surface area (Å²) in [4.78, 5) is 25.8. The summed E-state index contributed by atoms with van der Waals surface area (Å²) in [6.45, 7) is 5.96. The van der Waals surface area contributed by atoms with E-state index in [0.29, 0.717) is 45.2 Å². The minimum Gasteiger partial charge on any atom is -0.381 e. The van der Waals surface area contributed by atoms with E-state index in [9.17, 15) is 9.59 Å². The number of carbonyl (C=O) groups is 2. The van der Waals surface area contributed by atoms with E-state index in [1.54, 1.807) is 0 Å². The van der Waals surface area contributed by atoms with Crippen LogP contribution in [-0.4, -0.2) is 54.7 Å². The van der Waals surface area contributed by atoms with Crippen LogP contribution in [0.5, 0.6) is 0 Å². The number of nitrogens with one attached hydrogen (secondary N) is 2. The van der Waals surface area contributed by atoms with Gasteiger partial charge in [-0.25, -0.2) is 4.79 Å². The summed E-state index contributed by atoms with van der Waals surface area (Å²) in [6, 6.07) is 0.293. The van der Waals surface area contributed by atoms with Gasteiger partial charge >= 0.3 is 6.03 Å². The zero-order valence-corrected chi connectivity index (χ0v) is 11.6. The molecule has 110 valence electrons. The van der Waals surface area contributed by atoms with Gasteiger partial charge in [0.1, 0.15) is 5.54 Å². The molecule has 3 fully saturated rings. The fourth-order valence-electron chi connectivity index (χ4n) is 2.73. The van der Waals surface area contributed by atoms with Crippen LogP contribution in [0.3, 0.4) is 0 Å². The summed E-state index contributed by atoms with van der Waals surface area (Å²) in [6.07, 6.45) is 3.53. The Labute approximate surface area is 118 Å². The lowest BCUT2D eigenvalue weighted by molar-refractivity contribution is -0.134. The molecule has 2 aliphatic heterocycles. The van der Waals surface area contributed by atoms with E-state index in [-0.39, 0.29) is 11.9 Å². The Morgan fingerprint density at radius 2 is 2.10 bits per heavy atom. The van der Waals surface area contributed by atoms with Crippen molar-refractivity contribution in [1.29, 1.82) is 0 Å². The SMILES string of the molecule is C=C(CNC1CC1)CN1C(=O)NC2(CCOCC2)C1=O. The second-order valence-electron chi connectivity index (χ2n) is 5.92. The van der Waals surface area contributed by atoms with Crippen LogP contribution >= 0.6 is 0 Å². The van der Waals surface area contributed by atoms with Crippen LogP contribution < -0.4 is 10.6 Å². The first-order valence-corrected chi connectivity index (χ1v) is 7.23. The minimum atomic E-state index is -0.737. The number of amides is 3. The smallest absolute Gasteiger partial charge is 0.325 e. The minimum absolute atomic E-state index is 0.127. The van der Waals surface area contributed by atoms with Crippen molar-refractivity contribution in [3.05, 3.63) is 12.2 Å².